The standard InChI is InChI=1S/C13H18N2O/c1-2-13(12-6-4-3-5-7-12)14-15-8-10-16-11-9-15/h3-7H,2,8-11H2,1H3/b14-13-. The molecule has 1 saturated heterocycles. The predicted molar refractivity (Wildman–Crippen MR) is 65.7 cm³/mol. The van der Waals surface area contributed by atoms with Crippen LogP contribution in [0.2, 0.25) is 0 Å². The molecule has 0 aromatic heterocycles. The molecule has 0 bridgehead atoms. The molecule has 86 valence electrons. The predicted octanol–water partition coefficient (Wildman–Crippen LogP) is 2.13. The van der Waals surface area contributed by atoms with Gasteiger partial charge in [-0.1, -0.05) is 37.3 Å². The van der Waals surface area contributed by atoms with Crippen LogP contribution in [0.3, 0.4) is 0 Å². The lowest BCUT2D eigenvalue weighted by atomic mass is 10.1. The summed E-state index contributed by atoms with van der Waals surface area (Å²) in [4.78, 5) is 0. The van der Waals surface area contributed by atoms with Gasteiger partial charge in [0.15, 0.2) is 0 Å². The summed E-state index contributed by atoms with van der Waals surface area (Å²) in [5.41, 5.74) is 2.37. The maximum absolute atomic E-state index is 5.31. The molecule has 1 aromatic rings. The van der Waals surface area contributed by atoms with Gasteiger partial charge in [0.2, 0.25) is 0 Å². The topological polar surface area (TPSA) is 24.8 Å². The highest BCUT2D eigenvalue weighted by Gasteiger charge is 2.09. The first-order valence-electron chi connectivity index (χ1n) is 5.85. The second kappa shape index (κ2) is 5.66. The van der Waals surface area contributed by atoms with Crippen LogP contribution in [0.15, 0.2) is 35.4 Å². The van der Waals surface area contributed by atoms with Gasteiger partial charge in [-0.05, 0) is 12.0 Å². The second-order valence-corrected chi connectivity index (χ2v) is 3.83. The summed E-state index contributed by atoms with van der Waals surface area (Å²) in [6.07, 6.45) is 0.960. The minimum Gasteiger partial charge on any atom is -0.378 e. The molecular weight excluding hydrogens is 200 g/mol. The number of benzene rings is 1. The molecular formula is C13H18N2O. The van der Waals surface area contributed by atoms with Crippen molar-refractivity contribution in [2.75, 3.05) is 26.3 Å². The minimum absolute atomic E-state index is 0.787. The van der Waals surface area contributed by atoms with E-state index in [0.717, 1.165) is 38.4 Å². The molecule has 2 rings (SSSR count). The van der Waals surface area contributed by atoms with Crippen molar-refractivity contribution in [1.82, 2.24) is 5.01 Å². The smallest absolute Gasteiger partial charge is 0.0674 e. The average Bonchev–Trinajstić information content (AvgIpc) is 2.38. The first kappa shape index (κ1) is 11.1. The Hall–Kier alpha value is -1.35. The largest absolute Gasteiger partial charge is 0.378 e. The zero-order valence-corrected chi connectivity index (χ0v) is 9.72. The van der Waals surface area contributed by atoms with Crippen molar-refractivity contribution in [2.45, 2.75) is 13.3 Å². The van der Waals surface area contributed by atoms with Crippen molar-refractivity contribution >= 4 is 5.71 Å². The maximum Gasteiger partial charge on any atom is 0.0674 e. The summed E-state index contributed by atoms with van der Waals surface area (Å²) in [5, 5.41) is 6.80. The van der Waals surface area contributed by atoms with Crippen molar-refractivity contribution in [2.24, 2.45) is 5.10 Å². The molecule has 3 heteroatoms. The number of ether oxygens (including phenoxy) is 1. The number of nitrogens with zero attached hydrogens (tertiary/aromatic N) is 2. The molecule has 1 heterocycles. The van der Waals surface area contributed by atoms with E-state index in [-0.39, 0.29) is 0 Å². The molecule has 1 aliphatic rings. The van der Waals surface area contributed by atoms with Crippen molar-refractivity contribution < 1.29 is 4.74 Å². The lowest BCUT2D eigenvalue weighted by Crippen LogP contribution is -2.33. The fraction of sp³-hybridized carbons (Fsp3) is 0.462. The fourth-order valence-electron chi connectivity index (χ4n) is 1.79. The molecule has 1 aromatic carbocycles. The Morgan fingerprint density at radius 2 is 1.94 bits per heavy atom. The summed E-state index contributed by atoms with van der Waals surface area (Å²) < 4.78 is 5.31. The Balaban J connectivity index is 2.12. The Morgan fingerprint density at radius 1 is 1.25 bits per heavy atom. The number of morpholine rings is 1. The van der Waals surface area contributed by atoms with E-state index in [0.29, 0.717) is 0 Å². The summed E-state index contributed by atoms with van der Waals surface area (Å²) in [5.74, 6) is 0. The quantitative estimate of drug-likeness (QED) is 0.726. The first-order chi connectivity index (χ1) is 7.90. The zero-order valence-electron chi connectivity index (χ0n) is 9.72. The molecule has 0 amide bonds. The highest BCUT2D eigenvalue weighted by Crippen LogP contribution is 2.07. The van der Waals surface area contributed by atoms with E-state index >= 15 is 0 Å². The molecule has 0 N–H and O–H groups in total. The molecule has 0 atom stereocenters. The van der Waals surface area contributed by atoms with Crippen LogP contribution in [-0.4, -0.2) is 37.0 Å². The van der Waals surface area contributed by atoms with Crippen LogP contribution >= 0.6 is 0 Å². The lowest BCUT2D eigenvalue weighted by Gasteiger charge is -2.25. The Bertz CT molecular complexity index is 342. The minimum atomic E-state index is 0.787. The molecule has 0 unspecified atom stereocenters. The molecule has 1 fully saturated rings. The van der Waals surface area contributed by atoms with Crippen LogP contribution in [-0.2, 0) is 4.74 Å². The fourth-order valence-corrected chi connectivity index (χ4v) is 1.79. The summed E-state index contributed by atoms with van der Waals surface area (Å²) in [7, 11) is 0. The van der Waals surface area contributed by atoms with Crippen molar-refractivity contribution in [1.29, 1.82) is 0 Å². The highest BCUT2D eigenvalue weighted by atomic mass is 16.5. The van der Waals surface area contributed by atoms with Gasteiger partial charge >= 0.3 is 0 Å². The zero-order chi connectivity index (χ0) is 11.2. The van der Waals surface area contributed by atoms with Gasteiger partial charge in [-0.15, -0.1) is 0 Å². The third-order valence-corrected chi connectivity index (χ3v) is 2.69. The van der Waals surface area contributed by atoms with Gasteiger partial charge in [-0.25, -0.2) is 0 Å². The van der Waals surface area contributed by atoms with Gasteiger partial charge in [0.05, 0.1) is 32.0 Å². The van der Waals surface area contributed by atoms with E-state index in [9.17, 15) is 0 Å². The van der Waals surface area contributed by atoms with Crippen molar-refractivity contribution in [3.05, 3.63) is 35.9 Å². The monoisotopic (exact) mass is 218 g/mol. The summed E-state index contributed by atoms with van der Waals surface area (Å²) in [6.45, 7) is 5.52. The molecule has 0 spiro atoms. The second-order valence-electron chi connectivity index (χ2n) is 3.83. The SMILES string of the molecule is CC/C(=N/N1CCOCC1)c1ccccc1. The maximum atomic E-state index is 5.31. The van der Waals surface area contributed by atoms with E-state index in [4.69, 9.17) is 9.84 Å². The van der Waals surface area contributed by atoms with E-state index in [1.807, 2.05) is 6.07 Å². The van der Waals surface area contributed by atoms with E-state index in [1.54, 1.807) is 0 Å². The van der Waals surface area contributed by atoms with Gasteiger partial charge in [0.1, 0.15) is 0 Å². The Morgan fingerprint density at radius 3 is 2.56 bits per heavy atom. The first-order valence-corrected chi connectivity index (χ1v) is 5.85. The number of rotatable bonds is 3. The third-order valence-electron chi connectivity index (χ3n) is 2.69. The molecule has 16 heavy (non-hydrogen) atoms. The molecule has 0 aliphatic carbocycles. The summed E-state index contributed by atoms with van der Waals surface area (Å²) >= 11 is 0. The Kier molecular flexibility index (Phi) is 3.94. The van der Waals surface area contributed by atoms with Gasteiger partial charge in [-0.2, -0.15) is 5.10 Å². The van der Waals surface area contributed by atoms with Crippen molar-refractivity contribution in [3.8, 4) is 0 Å². The van der Waals surface area contributed by atoms with Crippen LogP contribution in [0.1, 0.15) is 18.9 Å². The summed E-state index contributed by atoms with van der Waals surface area (Å²) in [6, 6.07) is 10.4. The molecule has 1 aliphatic heterocycles. The highest BCUT2D eigenvalue weighted by molar-refractivity contribution is 6.00. The molecule has 0 radical (unpaired) electrons. The average molecular weight is 218 g/mol. The molecule has 0 saturated carbocycles. The van der Waals surface area contributed by atoms with Gasteiger partial charge in [0, 0.05) is 0 Å². The number of hydrogen-bond acceptors (Lipinski definition) is 3. The van der Waals surface area contributed by atoms with Crippen LogP contribution < -0.4 is 0 Å². The third kappa shape index (κ3) is 2.83. The van der Waals surface area contributed by atoms with Crippen LogP contribution in [0, 0.1) is 0 Å². The van der Waals surface area contributed by atoms with Gasteiger partial charge in [-0.3, -0.25) is 5.01 Å². The van der Waals surface area contributed by atoms with Crippen LogP contribution in [0.4, 0.5) is 0 Å². The molecule has 3 nitrogen and oxygen atoms in total. The number of hydrogen-bond donors (Lipinski definition) is 0. The van der Waals surface area contributed by atoms with Gasteiger partial charge in [0.25, 0.3) is 0 Å². The van der Waals surface area contributed by atoms with Crippen molar-refractivity contribution in [3.63, 3.8) is 0 Å². The van der Waals surface area contributed by atoms with E-state index < -0.39 is 0 Å². The normalized spacial score (nSPS) is 17.6. The van der Waals surface area contributed by atoms with Crippen LogP contribution in [0.25, 0.3) is 0 Å². The number of hydrazone groups is 1. The van der Waals surface area contributed by atoms with E-state index in [1.165, 1.54) is 5.56 Å². The van der Waals surface area contributed by atoms with Gasteiger partial charge < -0.3 is 4.74 Å². The van der Waals surface area contributed by atoms with Crippen LogP contribution in [0.5, 0.6) is 0 Å². The lowest BCUT2D eigenvalue weighted by molar-refractivity contribution is 0.0393. The van der Waals surface area contributed by atoms with E-state index in [2.05, 4.69) is 36.2 Å². The Labute approximate surface area is 96.7 Å².